The number of fused-ring (bicyclic) bond motifs is 1. The first kappa shape index (κ1) is 8.81. The van der Waals surface area contributed by atoms with Crippen LogP contribution in [0.15, 0.2) is 36.7 Å². The normalized spacial score (nSPS) is 12.0. The lowest BCUT2D eigenvalue weighted by atomic mass is 10.1. The van der Waals surface area contributed by atoms with Crippen LogP contribution in [0.3, 0.4) is 0 Å². The van der Waals surface area contributed by atoms with Gasteiger partial charge in [0.15, 0.2) is 0 Å². The first-order valence-electron chi connectivity index (χ1n) is 4.17. The van der Waals surface area contributed by atoms with Crippen LogP contribution in [0.2, 0.25) is 0 Å². The summed E-state index contributed by atoms with van der Waals surface area (Å²) in [6.07, 6.45) is 4.37. The summed E-state index contributed by atoms with van der Waals surface area (Å²) in [6.45, 7) is 3.37. The highest BCUT2D eigenvalue weighted by atomic mass is 19.1. The molecule has 14 heavy (non-hydrogen) atoms. The first-order valence-corrected chi connectivity index (χ1v) is 4.17. The van der Waals surface area contributed by atoms with E-state index in [4.69, 9.17) is 0 Å². The van der Waals surface area contributed by atoms with Crippen molar-refractivity contribution in [3.8, 4) is 0 Å². The lowest BCUT2D eigenvalue weighted by Gasteiger charge is -1.99. The number of aromatic nitrogens is 2. The van der Waals surface area contributed by atoms with E-state index in [1.807, 2.05) is 0 Å². The minimum Gasteiger partial charge on any atom is -0.253 e. The van der Waals surface area contributed by atoms with Gasteiger partial charge in [-0.3, -0.25) is 9.97 Å². The number of nitrogens with zero attached hydrogens (tertiary/aromatic N) is 2. The van der Waals surface area contributed by atoms with E-state index in [2.05, 4.69) is 16.9 Å². The first-order chi connectivity index (χ1) is 6.81. The van der Waals surface area contributed by atoms with Crippen molar-refractivity contribution in [3.63, 3.8) is 0 Å². The Hall–Kier alpha value is -1.77. The second-order valence-electron chi connectivity index (χ2n) is 2.81. The Kier molecular flexibility index (Phi) is 2.23. The Morgan fingerprint density at radius 3 is 2.64 bits per heavy atom. The molecular formula is C11H8FN2. The summed E-state index contributed by atoms with van der Waals surface area (Å²) in [7, 11) is 0. The van der Waals surface area contributed by atoms with Gasteiger partial charge in [-0.15, -0.1) is 0 Å². The third kappa shape index (κ3) is 1.48. The largest absolute Gasteiger partial charge is 0.253 e. The predicted octanol–water partition coefficient (Wildman–Crippen LogP) is 2.77. The van der Waals surface area contributed by atoms with Crippen molar-refractivity contribution in [2.75, 3.05) is 0 Å². The molecule has 2 aromatic rings. The molecular weight excluding hydrogens is 179 g/mol. The van der Waals surface area contributed by atoms with Crippen LogP contribution in [-0.2, 0) is 0 Å². The fourth-order valence-corrected chi connectivity index (χ4v) is 1.23. The maximum Gasteiger partial charge on any atom is 0.126 e. The van der Waals surface area contributed by atoms with Gasteiger partial charge >= 0.3 is 0 Å². The molecule has 1 aromatic heterocycles. The number of halogens is 1. The maximum atomic E-state index is 13.1. The quantitative estimate of drug-likeness (QED) is 0.686. The Morgan fingerprint density at radius 1 is 1.21 bits per heavy atom. The van der Waals surface area contributed by atoms with Gasteiger partial charge in [0.1, 0.15) is 5.83 Å². The molecule has 0 aliphatic rings. The minimum absolute atomic E-state index is 0.349. The van der Waals surface area contributed by atoms with Crippen LogP contribution in [0.4, 0.5) is 4.39 Å². The van der Waals surface area contributed by atoms with Crippen LogP contribution in [0.1, 0.15) is 5.56 Å². The second kappa shape index (κ2) is 3.54. The van der Waals surface area contributed by atoms with E-state index in [-0.39, 0.29) is 5.83 Å². The van der Waals surface area contributed by atoms with Gasteiger partial charge in [0, 0.05) is 18.0 Å². The number of rotatable bonds is 1. The Balaban J connectivity index is 2.62. The molecule has 0 fully saturated rings. The van der Waals surface area contributed by atoms with Crippen LogP contribution in [0.25, 0.3) is 16.9 Å². The molecule has 2 rings (SSSR count). The van der Waals surface area contributed by atoms with E-state index in [0.29, 0.717) is 11.1 Å². The summed E-state index contributed by atoms with van der Waals surface area (Å²) >= 11 is 0. The molecule has 2 nitrogen and oxygen atoms in total. The van der Waals surface area contributed by atoms with Crippen LogP contribution in [0, 0.1) is 6.92 Å². The van der Waals surface area contributed by atoms with E-state index in [1.165, 1.54) is 6.08 Å². The van der Waals surface area contributed by atoms with Crippen molar-refractivity contribution < 1.29 is 4.39 Å². The van der Waals surface area contributed by atoms with E-state index in [0.717, 1.165) is 5.52 Å². The van der Waals surface area contributed by atoms with Gasteiger partial charge in [-0.25, -0.2) is 4.39 Å². The van der Waals surface area contributed by atoms with Gasteiger partial charge in [0.05, 0.1) is 11.0 Å². The third-order valence-electron chi connectivity index (χ3n) is 1.92. The standard InChI is InChI=1S/C11H8FN2/c1-2-9(12)8-3-4-10-11(7-8)14-6-5-13-10/h2-7H,1H2/b9-2-. The molecule has 0 atom stereocenters. The van der Waals surface area contributed by atoms with Gasteiger partial charge in [0.25, 0.3) is 0 Å². The molecule has 1 heterocycles. The van der Waals surface area contributed by atoms with Crippen molar-refractivity contribution >= 4 is 16.9 Å². The molecule has 1 radical (unpaired) electrons. The molecule has 0 N–H and O–H groups in total. The van der Waals surface area contributed by atoms with Crippen LogP contribution < -0.4 is 0 Å². The number of hydrogen-bond donors (Lipinski definition) is 0. The summed E-state index contributed by atoms with van der Waals surface area (Å²) < 4.78 is 13.1. The molecule has 0 amide bonds. The Labute approximate surface area is 81.1 Å². The van der Waals surface area contributed by atoms with Crippen molar-refractivity contribution in [3.05, 3.63) is 49.2 Å². The highest BCUT2D eigenvalue weighted by molar-refractivity contribution is 5.78. The second-order valence-corrected chi connectivity index (χ2v) is 2.81. The Morgan fingerprint density at radius 2 is 1.93 bits per heavy atom. The number of allylic oxidation sites excluding steroid dienone is 1. The Bertz CT molecular complexity index is 491. The van der Waals surface area contributed by atoms with Crippen LogP contribution in [0.5, 0.6) is 0 Å². The molecule has 1 aromatic carbocycles. The zero-order chi connectivity index (χ0) is 9.97. The zero-order valence-electron chi connectivity index (χ0n) is 7.44. The van der Waals surface area contributed by atoms with Crippen molar-refractivity contribution in [1.82, 2.24) is 9.97 Å². The summed E-state index contributed by atoms with van der Waals surface area (Å²) in [5, 5.41) is 0. The fraction of sp³-hybridized carbons (Fsp3) is 0. The third-order valence-corrected chi connectivity index (χ3v) is 1.92. The average molecular weight is 187 g/mol. The van der Waals surface area contributed by atoms with Gasteiger partial charge in [-0.05, 0) is 31.2 Å². The summed E-state index contributed by atoms with van der Waals surface area (Å²) in [6, 6.07) is 5.05. The molecule has 0 saturated carbocycles. The topological polar surface area (TPSA) is 25.8 Å². The summed E-state index contributed by atoms with van der Waals surface area (Å²) in [4.78, 5) is 8.17. The molecule has 0 aliphatic heterocycles. The van der Waals surface area contributed by atoms with Gasteiger partial charge < -0.3 is 0 Å². The van der Waals surface area contributed by atoms with E-state index in [1.54, 1.807) is 30.6 Å². The molecule has 0 unspecified atom stereocenters. The lowest BCUT2D eigenvalue weighted by molar-refractivity contribution is 0.760. The highest BCUT2D eigenvalue weighted by Crippen LogP contribution is 2.19. The minimum atomic E-state index is -0.349. The van der Waals surface area contributed by atoms with E-state index in [9.17, 15) is 4.39 Å². The van der Waals surface area contributed by atoms with Gasteiger partial charge in [-0.2, -0.15) is 0 Å². The molecule has 3 heteroatoms. The van der Waals surface area contributed by atoms with E-state index >= 15 is 0 Å². The monoisotopic (exact) mass is 187 g/mol. The highest BCUT2D eigenvalue weighted by Gasteiger charge is 2.01. The summed E-state index contributed by atoms with van der Waals surface area (Å²) in [5.74, 6) is -0.349. The van der Waals surface area contributed by atoms with Crippen molar-refractivity contribution in [1.29, 1.82) is 0 Å². The molecule has 0 spiro atoms. The number of benzene rings is 1. The smallest absolute Gasteiger partial charge is 0.126 e. The average Bonchev–Trinajstić information content (AvgIpc) is 2.27. The van der Waals surface area contributed by atoms with Gasteiger partial charge in [0.2, 0.25) is 0 Å². The maximum absolute atomic E-state index is 13.1. The van der Waals surface area contributed by atoms with Crippen LogP contribution >= 0.6 is 0 Å². The summed E-state index contributed by atoms with van der Waals surface area (Å²) in [5.41, 5.74) is 1.92. The lowest BCUT2D eigenvalue weighted by Crippen LogP contribution is -1.84. The van der Waals surface area contributed by atoms with Gasteiger partial charge in [-0.1, -0.05) is 0 Å². The van der Waals surface area contributed by atoms with Crippen LogP contribution in [-0.4, -0.2) is 9.97 Å². The van der Waals surface area contributed by atoms with E-state index < -0.39 is 0 Å². The van der Waals surface area contributed by atoms with Crippen molar-refractivity contribution in [2.45, 2.75) is 0 Å². The molecule has 69 valence electrons. The SMILES string of the molecule is [CH2]/C=C(\F)c1ccc2nccnc2c1. The predicted molar refractivity (Wildman–Crippen MR) is 54.0 cm³/mol. The van der Waals surface area contributed by atoms with Crippen molar-refractivity contribution in [2.24, 2.45) is 0 Å². The molecule has 0 aliphatic carbocycles. The molecule has 0 saturated heterocycles. The molecule has 0 bridgehead atoms. The fourth-order valence-electron chi connectivity index (χ4n) is 1.23. The zero-order valence-corrected chi connectivity index (χ0v) is 7.44. The number of hydrogen-bond acceptors (Lipinski definition) is 2.